The van der Waals surface area contributed by atoms with Crippen molar-refractivity contribution in [3.63, 3.8) is 0 Å². The monoisotopic (exact) mass is 1040 g/mol. The first-order valence-electron chi connectivity index (χ1n) is 31.5. The van der Waals surface area contributed by atoms with Crippen molar-refractivity contribution in [2.45, 2.75) is 335 Å². The molecule has 1 N–H and O–H groups in total. The summed E-state index contributed by atoms with van der Waals surface area (Å²) in [6, 6.07) is -0.878. The Kier molecular flexibility index (Phi) is 52.2. The molecule has 10 heteroatoms. The third-order valence-electron chi connectivity index (χ3n) is 14.5. The fourth-order valence-electron chi connectivity index (χ4n) is 9.58. The molecule has 0 fully saturated rings. The van der Waals surface area contributed by atoms with E-state index in [2.05, 4.69) is 26.1 Å². The molecule has 0 saturated carbocycles. The summed E-state index contributed by atoms with van der Waals surface area (Å²) < 4.78 is 30.3. The predicted molar refractivity (Wildman–Crippen MR) is 307 cm³/mol. The summed E-state index contributed by atoms with van der Waals surface area (Å²) in [4.78, 5) is 39.9. The molecule has 0 radical (unpaired) electrons. The lowest BCUT2D eigenvalue weighted by atomic mass is 10.0. The first-order valence-corrected chi connectivity index (χ1v) is 33.0. The van der Waals surface area contributed by atoms with E-state index in [1.165, 1.54) is 231 Å². The molecule has 3 atom stereocenters. The first-order chi connectivity index (χ1) is 34.9. The zero-order chi connectivity index (χ0) is 52.9. The van der Waals surface area contributed by atoms with E-state index in [9.17, 15) is 19.0 Å². The number of amides is 1. The van der Waals surface area contributed by atoms with Crippen molar-refractivity contribution in [3.8, 4) is 0 Å². The molecule has 0 rings (SSSR count). The number of nitrogens with zero attached hydrogens (tertiary/aromatic N) is 1. The summed E-state index contributed by atoms with van der Waals surface area (Å²) in [5, 5.41) is 3.03. The highest BCUT2D eigenvalue weighted by atomic mass is 31.2. The number of nitrogens with one attached hydrogen (secondary N) is 1. The molecule has 0 bridgehead atoms. The Morgan fingerprint density at radius 3 is 1.14 bits per heavy atom. The van der Waals surface area contributed by atoms with Gasteiger partial charge in [-0.05, 0) is 31.8 Å². The SMILES string of the molecule is CCCCCCCCCCCC/C=C\C(OC(=O)CCCCCCCCCCCCC)C(COP(=O)([O-])OCC[N+](C)(C)C)NC(=O)CCCCCCCCCCCCCCCCCCCCCCCCC. The van der Waals surface area contributed by atoms with Crippen LogP contribution in [0.25, 0.3) is 0 Å². The number of unbranched alkanes of at least 4 members (excludes halogenated alkanes) is 42. The standard InChI is InChI=1S/C62H123N2O7P/c1-7-10-13-16-19-22-25-27-28-29-30-31-32-33-34-35-36-37-40-42-45-48-51-54-61(65)63-59(58-70-72(67,68)69-57-56-64(4,5)6)60(53-50-47-44-41-39-26-23-20-17-14-11-8-2)71-62(66)55-52-49-46-43-38-24-21-18-15-12-9-3/h50,53,59-60H,7-49,51-52,54-58H2,1-6H3,(H-,63,65,67,68)/b53-50-. The van der Waals surface area contributed by atoms with Crippen molar-refractivity contribution in [3.05, 3.63) is 12.2 Å². The number of hydrogen-bond donors (Lipinski definition) is 1. The number of phosphoric ester groups is 1. The third kappa shape index (κ3) is 53.6. The Bertz CT molecular complexity index is 1240. The van der Waals surface area contributed by atoms with Gasteiger partial charge >= 0.3 is 5.97 Å². The minimum Gasteiger partial charge on any atom is -0.756 e. The van der Waals surface area contributed by atoms with Gasteiger partial charge in [-0.15, -0.1) is 0 Å². The van der Waals surface area contributed by atoms with Gasteiger partial charge in [0.15, 0.2) is 0 Å². The Morgan fingerprint density at radius 1 is 0.472 bits per heavy atom. The smallest absolute Gasteiger partial charge is 0.306 e. The first kappa shape index (κ1) is 70.8. The minimum atomic E-state index is -4.69. The van der Waals surface area contributed by atoms with Crippen molar-refractivity contribution in [2.75, 3.05) is 40.9 Å². The molecule has 0 spiro atoms. The number of carbonyl (C=O) groups excluding carboxylic acids is 2. The van der Waals surface area contributed by atoms with Crippen LogP contribution < -0.4 is 10.2 Å². The van der Waals surface area contributed by atoms with Crippen molar-refractivity contribution in [2.24, 2.45) is 0 Å². The lowest BCUT2D eigenvalue weighted by Gasteiger charge is -2.30. The Hall–Kier alpha value is -1.25. The van der Waals surface area contributed by atoms with E-state index in [-0.39, 0.29) is 31.5 Å². The number of allylic oxidation sites excluding steroid dienone is 1. The van der Waals surface area contributed by atoms with E-state index in [0.29, 0.717) is 17.4 Å². The number of phosphoric acid groups is 1. The van der Waals surface area contributed by atoms with E-state index >= 15 is 0 Å². The lowest BCUT2D eigenvalue weighted by Crippen LogP contribution is -2.47. The lowest BCUT2D eigenvalue weighted by molar-refractivity contribution is -0.870. The fourth-order valence-corrected chi connectivity index (χ4v) is 10.3. The van der Waals surface area contributed by atoms with Gasteiger partial charge in [0.1, 0.15) is 19.3 Å². The van der Waals surface area contributed by atoms with Gasteiger partial charge in [0, 0.05) is 12.8 Å². The van der Waals surface area contributed by atoms with Crippen LogP contribution in [0.4, 0.5) is 0 Å². The largest absolute Gasteiger partial charge is 0.756 e. The molecule has 0 aromatic rings. The minimum absolute atomic E-state index is 0.0169. The van der Waals surface area contributed by atoms with Crippen LogP contribution in [0.2, 0.25) is 0 Å². The molecule has 0 aromatic heterocycles. The number of likely N-dealkylation sites (N-methyl/N-ethyl adjacent to an activating group) is 1. The van der Waals surface area contributed by atoms with E-state index in [0.717, 1.165) is 57.8 Å². The average molecular weight is 1040 g/mol. The number of hydrogen-bond acceptors (Lipinski definition) is 7. The highest BCUT2D eigenvalue weighted by Gasteiger charge is 2.27. The van der Waals surface area contributed by atoms with E-state index < -0.39 is 20.0 Å². The zero-order valence-electron chi connectivity index (χ0n) is 48.9. The van der Waals surface area contributed by atoms with Crippen LogP contribution in [0.15, 0.2) is 12.2 Å². The van der Waals surface area contributed by atoms with Crippen LogP contribution in [0.3, 0.4) is 0 Å². The van der Waals surface area contributed by atoms with Crippen LogP contribution >= 0.6 is 7.82 Å². The quantitative estimate of drug-likeness (QED) is 0.0212. The highest BCUT2D eigenvalue weighted by molar-refractivity contribution is 7.45. The van der Waals surface area contributed by atoms with Gasteiger partial charge in [0.2, 0.25) is 5.91 Å². The second-order valence-electron chi connectivity index (χ2n) is 22.9. The number of rotatable bonds is 58. The molecule has 0 aliphatic rings. The normalized spacial score (nSPS) is 13.7. The molecule has 0 heterocycles. The van der Waals surface area contributed by atoms with Crippen molar-refractivity contribution < 1.29 is 37.3 Å². The number of quaternary nitrogens is 1. The van der Waals surface area contributed by atoms with E-state index in [4.69, 9.17) is 13.8 Å². The Balaban J connectivity index is 5.05. The predicted octanol–water partition coefficient (Wildman–Crippen LogP) is 18.5. The summed E-state index contributed by atoms with van der Waals surface area (Å²) in [7, 11) is 1.21. The summed E-state index contributed by atoms with van der Waals surface area (Å²) in [5.74, 6) is -0.522. The molecular formula is C62H123N2O7P. The zero-order valence-corrected chi connectivity index (χ0v) is 49.8. The second kappa shape index (κ2) is 53.2. The maximum Gasteiger partial charge on any atom is 0.306 e. The molecule has 9 nitrogen and oxygen atoms in total. The molecule has 3 unspecified atom stereocenters. The van der Waals surface area contributed by atoms with Gasteiger partial charge in [-0.3, -0.25) is 14.2 Å². The van der Waals surface area contributed by atoms with Gasteiger partial charge in [0.25, 0.3) is 7.82 Å². The van der Waals surface area contributed by atoms with Gasteiger partial charge in [-0.1, -0.05) is 290 Å². The van der Waals surface area contributed by atoms with Crippen LogP contribution in [-0.4, -0.2) is 69.4 Å². The van der Waals surface area contributed by atoms with Gasteiger partial charge in [-0.2, -0.15) is 0 Å². The summed E-state index contributed by atoms with van der Waals surface area (Å²) in [6.07, 6.45) is 60.4. The molecule has 0 aliphatic heterocycles. The molecule has 72 heavy (non-hydrogen) atoms. The van der Waals surface area contributed by atoms with Crippen LogP contribution in [-0.2, 0) is 27.9 Å². The Labute approximate surface area is 448 Å². The number of ether oxygens (including phenoxy) is 1. The van der Waals surface area contributed by atoms with E-state index in [1.807, 2.05) is 33.3 Å². The van der Waals surface area contributed by atoms with E-state index in [1.54, 1.807) is 0 Å². The highest BCUT2D eigenvalue weighted by Crippen LogP contribution is 2.38. The maximum absolute atomic E-state index is 13.5. The van der Waals surface area contributed by atoms with Gasteiger partial charge in [0.05, 0.1) is 33.8 Å². The van der Waals surface area contributed by atoms with Gasteiger partial charge in [-0.25, -0.2) is 0 Å². The Morgan fingerprint density at radius 2 is 0.792 bits per heavy atom. The molecule has 0 aliphatic carbocycles. The molecular weight excluding hydrogens is 916 g/mol. The number of carbonyl (C=O) groups is 2. The average Bonchev–Trinajstić information content (AvgIpc) is 3.34. The second-order valence-corrected chi connectivity index (χ2v) is 24.3. The van der Waals surface area contributed by atoms with Crippen molar-refractivity contribution >= 4 is 19.7 Å². The molecule has 428 valence electrons. The third-order valence-corrected chi connectivity index (χ3v) is 15.4. The molecule has 0 saturated heterocycles. The summed E-state index contributed by atoms with van der Waals surface area (Å²) >= 11 is 0. The maximum atomic E-state index is 13.5. The van der Waals surface area contributed by atoms with Crippen molar-refractivity contribution in [1.82, 2.24) is 5.32 Å². The molecule has 0 aromatic carbocycles. The van der Waals surface area contributed by atoms with Crippen LogP contribution in [0, 0.1) is 0 Å². The van der Waals surface area contributed by atoms with Gasteiger partial charge < -0.3 is 28.5 Å². The summed E-state index contributed by atoms with van der Waals surface area (Å²) in [6.45, 7) is 6.88. The van der Waals surface area contributed by atoms with Crippen LogP contribution in [0.5, 0.6) is 0 Å². The fraction of sp³-hybridized carbons (Fsp3) is 0.935. The topological polar surface area (TPSA) is 114 Å². The number of esters is 1. The van der Waals surface area contributed by atoms with Crippen LogP contribution in [0.1, 0.15) is 323 Å². The molecule has 1 amide bonds. The summed E-state index contributed by atoms with van der Waals surface area (Å²) in [5.41, 5.74) is 0. The van der Waals surface area contributed by atoms with Crippen molar-refractivity contribution in [1.29, 1.82) is 0 Å².